The lowest BCUT2D eigenvalue weighted by Crippen LogP contribution is -2.17. The van der Waals surface area contributed by atoms with Crippen LogP contribution < -0.4 is 10.6 Å². The van der Waals surface area contributed by atoms with Crippen molar-refractivity contribution in [1.82, 2.24) is 15.3 Å². The Hall–Kier alpha value is -3.35. The molecule has 2 aromatic carbocycles. The number of hydrogen-bond donors (Lipinski definition) is 3. The molecule has 4 rings (SSSR count). The minimum atomic E-state index is -0.430. The summed E-state index contributed by atoms with van der Waals surface area (Å²) < 4.78 is 19.2. The summed E-state index contributed by atoms with van der Waals surface area (Å²) in [6.07, 6.45) is 0. The van der Waals surface area contributed by atoms with E-state index in [1.807, 2.05) is 18.2 Å². The molecule has 0 fully saturated rings. The van der Waals surface area contributed by atoms with Crippen molar-refractivity contribution < 1.29 is 13.6 Å². The second-order valence-electron chi connectivity index (χ2n) is 5.29. The molecular weight excluding hydrogens is 311 g/mol. The van der Waals surface area contributed by atoms with Crippen molar-refractivity contribution in [3.63, 3.8) is 0 Å². The molecule has 0 aliphatic carbocycles. The fourth-order valence-electron chi connectivity index (χ4n) is 2.56. The van der Waals surface area contributed by atoms with Crippen LogP contribution in [0, 0.1) is 5.82 Å². The van der Waals surface area contributed by atoms with Crippen LogP contribution in [0.4, 0.5) is 16.1 Å². The molecule has 0 atom stereocenters. The highest BCUT2D eigenvalue weighted by Crippen LogP contribution is 2.26. The van der Waals surface area contributed by atoms with E-state index in [1.165, 1.54) is 6.07 Å². The molecule has 120 valence electrons. The summed E-state index contributed by atoms with van der Waals surface area (Å²) in [4.78, 5) is 18.8. The van der Waals surface area contributed by atoms with E-state index in [4.69, 9.17) is 4.42 Å². The van der Waals surface area contributed by atoms with Gasteiger partial charge >= 0.3 is 0 Å². The molecule has 1 amide bonds. The SMILES string of the molecule is CNC(=O)c1cc2cc(Nc3nc4c(F)cccc4o3)ccc2[nH]1. The molecular formula is C17H13FN4O2. The molecule has 0 saturated heterocycles. The fraction of sp³-hybridized carbons (Fsp3) is 0.0588. The number of aromatic nitrogens is 2. The molecule has 24 heavy (non-hydrogen) atoms. The van der Waals surface area contributed by atoms with Gasteiger partial charge in [0, 0.05) is 23.6 Å². The molecule has 0 unspecified atom stereocenters. The first-order valence-electron chi connectivity index (χ1n) is 7.31. The van der Waals surface area contributed by atoms with Gasteiger partial charge in [0.25, 0.3) is 11.9 Å². The van der Waals surface area contributed by atoms with Gasteiger partial charge in [-0.1, -0.05) is 6.07 Å². The van der Waals surface area contributed by atoms with Crippen molar-refractivity contribution in [2.45, 2.75) is 0 Å². The molecule has 0 aliphatic heterocycles. The molecule has 6 nitrogen and oxygen atoms in total. The highest BCUT2D eigenvalue weighted by Gasteiger charge is 2.11. The van der Waals surface area contributed by atoms with Gasteiger partial charge in [-0.2, -0.15) is 4.98 Å². The van der Waals surface area contributed by atoms with Crippen LogP contribution in [0.25, 0.3) is 22.0 Å². The summed E-state index contributed by atoms with van der Waals surface area (Å²) in [5.41, 5.74) is 2.60. The van der Waals surface area contributed by atoms with Crippen LogP contribution in [-0.4, -0.2) is 22.9 Å². The second-order valence-corrected chi connectivity index (χ2v) is 5.29. The molecule has 4 aromatic rings. The third-order valence-corrected chi connectivity index (χ3v) is 3.71. The number of hydrogen-bond acceptors (Lipinski definition) is 4. The first-order chi connectivity index (χ1) is 11.6. The molecule has 0 saturated carbocycles. The van der Waals surface area contributed by atoms with E-state index >= 15 is 0 Å². The topological polar surface area (TPSA) is 82.9 Å². The van der Waals surface area contributed by atoms with Crippen molar-refractivity contribution >= 4 is 39.6 Å². The maximum absolute atomic E-state index is 13.7. The second kappa shape index (κ2) is 5.38. The van der Waals surface area contributed by atoms with Gasteiger partial charge in [-0.05, 0) is 36.4 Å². The highest BCUT2D eigenvalue weighted by molar-refractivity contribution is 5.98. The lowest BCUT2D eigenvalue weighted by atomic mass is 10.2. The van der Waals surface area contributed by atoms with Crippen LogP contribution >= 0.6 is 0 Å². The number of carbonyl (C=O) groups excluding carboxylic acids is 1. The molecule has 3 N–H and O–H groups in total. The highest BCUT2D eigenvalue weighted by atomic mass is 19.1. The lowest BCUT2D eigenvalue weighted by molar-refractivity contribution is 0.0959. The van der Waals surface area contributed by atoms with Crippen molar-refractivity contribution in [2.24, 2.45) is 0 Å². The van der Waals surface area contributed by atoms with Crippen LogP contribution in [0.1, 0.15) is 10.5 Å². The zero-order chi connectivity index (χ0) is 16.7. The van der Waals surface area contributed by atoms with Crippen molar-refractivity contribution in [1.29, 1.82) is 0 Å². The van der Waals surface area contributed by atoms with Gasteiger partial charge in [-0.15, -0.1) is 0 Å². The largest absolute Gasteiger partial charge is 0.423 e. The number of oxazole rings is 1. The molecule has 0 aliphatic rings. The zero-order valence-corrected chi connectivity index (χ0v) is 12.7. The number of aromatic amines is 1. The number of nitrogens with zero attached hydrogens (tertiary/aromatic N) is 1. The van der Waals surface area contributed by atoms with E-state index in [0.717, 1.165) is 16.6 Å². The number of halogens is 1. The minimum Gasteiger partial charge on any atom is -0.423 e. The van der Waals surface area contributed by atoms with Crippen LogP contribution in [-0.2, 0) is 0 Å². The Morgan fingerprint density at radius 2 is 2.12 bits per heavy atom. The van der Waals surface area contributed by atoms with E-state index in [1.54, 1.807) is 25.2 Å². The van der Waals surface area contributed by atoms with Crippen LogP contribution in [0.5, 0.6) is 0 Å². The maximum Gasteiger partial charge on any atom is 0.300 e. The van der Waals surface area contributed by atoms with E-state index < -0.39 is 5.82 Å². The van der Waals surface area contributed by atoms with Gasteiger partial charge in [-0.25, -0.2) is 4.39 Å². The first kappa shape index (κ1) is 14.3. The average molecular weight is 324 g/mol. The Labute approximate surface area is 135 Å². The number of anilines is 2. The molecule has 0 radical (unpaired) electrons. The normalized spacial score (nSPS) is 11.1. The number of fused-ring (bicyclic) bond motifs is 2. The van der Waals surface area contributed by atoms with Crippen molar-refractivity contribution in [3.8, 4) is 0 Å². The summed E-state index contributed by atoms with van der Waals surface area (Å²) in [6, 6.07) is 12.0. The van der Waals surface area contributed by atoms with Crippen molar-refractivity contribution in [2.75, 3.05) is 12.4 Å². The number of H-pyrrole nitrogens is 1. The third kappa shape index (κ3) is 2.36. The Bertz CT molecular complexity index is 1070. The van der Waals surface area contributed by atoms with Crippen LogP contribution in [0.3, 0.4) is 0 Å². The number of carbonyl (C=O) groups is 1. The van der Waals surface area contributed by atoms with E-state index in [-0.39, 0.29) is 17.4 Å². The predicted octanol–water partition coefficient (Wildman–Crippen LogP) is 3.55. The van der Waals surface area contributed by atoms with E-state index in [9.17, 15) is 9.18 Å². The molecule has 2 aromatic heterocycles. The van der Waals surface area contributed by atoms with Gasteiger partial charge in [0.15, 0.2) is 11.4 Å². The Morgan fingerprint density at radius 3 is 2.92 bits per heavy atom. The summed E-state index contributed by atoms with van der Waals surface area (Å²) in [5.74, 6) is -0.615. The van der Waals surface area contributed by atoms with Gasteiger partial charge in [0.1, 0.15) is 11.2 Å². The summed E-state index contributed by atoms with van der Waals surface area (Å²) in [6.45, 7) is 0. The fourth-order valence-corrected chi connectivity index (χ4v) is 2.56. The maximum atomic E-state index is 13.7. The summed E-state index contributed by atoms with van der Waals surface area (Å²) >= 11 is 0. The van der Waals surface area contributed by atoms with E-state index in [0.29, 0.717) is 11.3 Å². The monoisotopic (exact) mass is 324 g/mol. The summed E-state index contributed by atoms with van der Waals surface area (Å²) in [5, 5.41) is 6.44. The Morgan fingerprint density at radius 1 is 1.25 bits per heavy atom. The van der Waals surface area contributed by atoms with Gasteiger partial charge in [0.05, 0.1) is 0 Å². The predicted molar refractivity (Wildman–Crippen MR) is 88.9 cm³/mol. The number of nitrogens with one attached hydrogen (secondary N) is 3. The third-order valence-electron chi connectivity index (χ3n) is 3.71. The van der Waals surface area contributed by atoms with E-state index in [2.05, 4.69) is 20.6 Å². The zero-order valence-electron chi connectivity index (χ0n) is 12.7. The average Bonchev–Trinajstić information content (AvgIpc) is 3.18. The first-order valence-corrected chi connectivity index (χ1v) is 7.31. The molecule has 7 heteroatoms. The van der Waals surface area contributed by atoms with Crippen LogP contribution in [0.2, 0.25) is 0 Å². The lowest BCUT2D eigenvalue weighted by Gasteiger charge is -2.01. The van der Waals surface area contributed by atoms with Crippen LogP contribution in [0.15, 0.2) is 46.9 Å². The van der Waals surface area contributed by atoms with Gasteiger partial charge in [-0.3, -0.25) is 4.79 Å². The number of rotatable bonds is 3. The minimum absolute atomic E-state index is 0.185. The smallest absolute Gasteiger partial charge is 0.300 e. The number of amides is 1. The van der Waals surface area contributed by atoms with Gasteiger partial charge < -0.3 is 20.0 Å². The number of benzene rings is 2. The summed E-state index contributed by atoms with van der Waals surface area (Å²) in [7, 11) is 1.58. The standard InChI is InChI=1S/C17H13FN4O2/c1-19-16(23)13-8-9-7-10(5-6-12(9)21-13)20-17-22-15-11(18)3-2-4-14(15)24-17/h2-8,21H,1H3,(H,19,23)(H,20,22). The molecule has 2 heterocycles. The Balaban J connectivity index is 1.68. The Kier molecular flexibility index (Phi) is 3.19. The molecule has 0 spiro atoms. The van der Waals surface area contributed by atoms with Crippen molar-refractivity contribution in [3.05, 3.63) is 54.0 Å². The number of para-hydroxylation sites is 1. The molecule has 0 bridgehead atoms. The van der Waals surface area contributed by atoms with Gasteiger partial charge in [0.2, 0.25) is 0 Å². The quantitative estimate of drug-likeness (QED) is 0.538.